The molecule has 1 heterocycles. The molecule has 2 aliphatic rings. The number of nitrogens with one attached hydrogen (secondary N) is 2. The van der Waals surface area contributed by atoms with E-state index in [4.69, 9.17) is 0 Å². The fourth-order valence-corrected chi connectivity index (χ4v) is 2.82. The summed E-state index contributed by atoms with van der Waals surface area (Å²) in [5.74, 6) is -2.80. The molecule has 18 heavy (non-hydrogen) atoms. The minimum Gasteiger partial charge on any atom is -0.356 e. The smallest absolute Gasteiger partial charge is 0.248 e. The maximum Gasteiger partial charge on any atom is 0.248 e. The van der Waals surface area contributed by atoms with Crippen LogP contribution in [0.25, 0.3) is 0 Å². The monoisotopic (exact) mass is 260 g/mol. The highest BCUT2D eigenvalue weighted by atomic mass is 19.3. The van der Waals surface area contributed by atoms with Crippen LogP contribution in [-0.2, 0) is 4.79 Å². The van der Waals surface area contributed by atoms with Crippen LogP contribution in [0.1, 0.15) is 44.9 Å². The van der Waals surface area contributed by atoms with E-state index in [-0.39, 0.29) is 24.7 Å². The molecular weight excluding hydrogens is 238 g/mol. The van der Waals surface area contributed by atoms with Crippen LogP contribution in [0.4, 0.5) is 8.78 Å². The molecule has 2 N–H and O–H groups in total. The van der Waals surface area contributed by atoms with Gasteiger partial charge in [-0.15, -0.1) is 0 Å². The molecule has 1 saturated carbocycles. The van der Waals surface area contributed by atoms with E-state index in [1.54, 1.807) is 0 Å². The van der Waals surface area contributed by atoms with Crippen LogP contribution in [-0.4, -0.2) is 31.0 Å². The molecule has 1 saturated heterocycles. The minimum atomic E-state index is -2.55. The van der Waals surface area contributed by atoms with Crippen LogP contribution in [0.15, 0.2) is 0 Å². The Balaban J connectivity index is 1.62. The Bertz CT molecular complexity index is 281. The third kappa shape index (κ3) is 3.90. The summed E-state index contributed by atoms with van der Waals surface area (Å²) in [6, 6.07) is 0.515. The summed E-state index contributed by atoms with van der Waals surface area (Å²) in [6.07, 6.45) is 3.67. The molecule has 0 aromatic heterocycles. The Morgan fingerprint density at radius 2 is 2.00 bits per heavy atom. The fraction of sp³-hybridized carbons (Fsp3) is 0.923. The van der Waals surface area contributed by atoms with E-state index in [0.717, 1.165) is 13.0 Å². The normalized spacial score (nSPS) is 28.2. The lowest BCUT2D eigenvalue weighted by Gasteiger charge is -2.27. The number of alkyl halides is 2. The second-order valence-corrected chi connectivity index (χ2v) is 5.50. The lowest BCUT2D eigenvalue weighted by atomic mass is 9.86. The molecule has 1 aliphatic heterocycles. The van der Waals surface area contributed by atoms with E-state index in [1.165, 1.54) is 12.8 Å². The van der Waals surface area contributed by atoms with Crippen molar-refractivity contribution in [3.63, 3.8) is 0 Å². The molecular formula is C13H22F2N2O. The lowest BCUT2D eigenvalue weighted by Crippen LogP contribution is -2.37. The Labute approximate surface area is 107 Å². The van der Waals surface area contributed by atoms with Gasteiger partial charge in [-0.2, -0.15) is 0 Å². The van der Waals surface area contributed by atoms with Crippen molar-refractivity contribution >= 4 is 5.91 Å². The van der Waals surface area contributed by atoms with Gasteiger partial charge >= 0.3 is 0 Å². The summed E-state index contributed by atoms with van der Waals surface area (Å²) in [7, 11) is 0. The quantitative estimate of drug-likeness (QED) is 0.812. The summed E-state index contributed by atoms with van der Waals surface area (Å²) in [4.78, 5) is 11.8. The SMILES string of the molecule is O=C(NCC[C@H]1CCCN1)C1CCC(F)(F)CC1. The van der Waals surface area contributed by atoms with Crippen LogP contribution in [0, 0.1) is 5.92 Å². The van der Waals surface area contributed by atoms with Crippen molar-refractivity contribution in [3.8, 4) is 0 Å². The third-order valence-corrected chi connectivity index (χ3v) is 4.04. The van der Waals surface area contributed by atoms with Gasteiger partial charge in [-0.05, 0) is 38.6 Å². The molecule has 0 aromatic carbocycles. The topological polar surface area (TPSA) is 41.1 Å². The van der Waals surface area contributed by atoms with Gasteiger partial charge in [0.15, 0.2) is 0 Å². The van der Waals surface area contributed by atoms with Crippen molar-refractivity contribution in [1.29, 1.82) is 0 Å². The van der Waals surface area contributed by atoms with Crippen molar-refractivity contribution in [2.24, 2.45) is 5.92 Å². The number of halogens is 2. The van der Waals surface area contributed by atoms with Gasteiger partial charge in [-0.1, -0.05) is 0 Å². The van der Waals surface area contributed by atoms with Crippen LogP contribution in [0.2, 0.25) is 0 Å². The van der Waals surface area contributed by atoms with Crippen molar-refractivity contribution in [3.05, 3.63) is 0 Å². The fourth-order valence-electron chi connectivity index (χ4n) is 2.82. The molecule has 1 aliphatic carbocycles. The largest absolute Gasteiger partial charge is 0.356 e. The molecule has 3 nitrogen and oxygen atoms in total. The number of carbonyl (C=O) groups excluding carboxylic acids is 1. The highest BCUT2D eigenvalue weighted by Gasteiger charge is 2.37. The Morgan fingerprint density at radius 3 is 2.61 bits per heavy atom. The molecule has 0 unspecified atom stereocenters. The zero-order chi connectivity index (χ0) is 13.0. The number of hydrogen-bond acceptors (Lipinski definition) is 2. The number of rotatable bonds is 4. The van der Waals surface area contributed by atoms with Gasteiger partial charge in [-0.3, -0.25) is 4.79 Å². The number of carbonyl (C=O) groups is 1. The predicted molar refractivity (Wildman–Crippen MR) is 65.6 cm³/mol. The lowest BCUT2D eigenvalue weighted by molar-refractivity contribution is -0.129. The summed E-state index contributed by atoms with van der Waals surface area (Å²) in [6.45, 7) is 1.72. The zero-order valence-electron chi connectivity index (χ0n) is 10.7. The summed E-state index contributed by atoms with van der Waals surface area (Å²) in [5, 5.41) is 6.25. The van der Waals surface area contributed by atoms with E-state index in [0.29, 0.717) is 25.4 Å². The van der Waals surface area contributed by atoms with E-state index in [1.807, 2.05) is 0 Å². The van der Waals surface area contributed by atoms with E-state index in [9.17, 15) is 13.6 Å². The average Bonchev–Trinajstić information content (AvgIpc) is 2.82. The Morgan fingerprint density at radius 1 is 1.28 bits per heavy atom. The first kappa shape index (κ1) is 13.7. The van der Waals surface area contributed by atoms with E-state index in [2.05, 4.69) is 10.6 Å². The molecule has 0 aromatic rings. The summed E-state index contributed by atoms with van der Waals surface area (Å²) < 4.78 is 25.9. The minimum absolute atomic E-state index is 0.0384. The first-order valence-electron chi connectivity index (χ1n) is 6.96. The first-order valence-corrected chi connectivity index (χ1v) is 6.96. The van der Waals surface area contributed by atoms with Gasteiger partial charge < -0.3 is 10.6 Å². The summed E-state index contributed by atoms with van der Waals surface area (Å²) in [5.41, 5.74) is 0. The molecule has 104 valence electrons. The summed E-state index contributed by atoms with van der Waals surface area (Å²) >= 11 is 0. The number of amides is 1. The molecule has 2 fully saturated rings. The zero-order valence-corrected chi connectivity index (χ0v) is 10.7. The van der Waals surface area contributed by atoms with Gasteiger partial charge in [0.2, 0.25) is 11.8 Å². The third-order valence-electron chi connectivity index (χ3n) is 4.04. The van der Waals surface area contributed by atoms with Crippen LogP contribution in [0.3, 0.4) is 0 Å². The maximum atomic E-state index is 13.0. The van der Waals surface area contributed by atoms with Gasteiger partial charge in [0.25, 0.3) is 0 Å². The molecule has 0 radical (unpaired) electrons. The first-order chi connectivity index (χ1) is 8.57. The van der Waals surface area contributed by atoms with Crippen molar-refractivity contribution in [2.45, 2.75) is 56.9 Å². The highest BCUT2D eigenvalue weighted by molar-refractivity contribution is 5.78. The van der Waals surface area contributed by atoms with Crippen LogP contribution >= 0.6 is 0 Å². The second-order valence-electron chi connectivity index (χ2n) is 5.50. The number of hydrogen-bond donors (Lipinski definition) is 2. The standard InChI is InChI=1S/C13H22F2N2O/c14-13(15)6-3-10(4-7-13)12(18)17-9-5-11-2-1-8-16-11/h10-11,16H,1-9H2,(H,17,18)/t11-/m1/s1. The van der Waals surface area contributed by atoms with Crippen LogP contribution in [0.5, 0.6) is 0 Å². The molecule has 2 rings (SSSR count). The predicted octanol–water partition coefficient (Wildman–Crippen LogP) is 2.07. The molecule has 0 spiro atoms. The van der Waals surface area contributed by atoms with E-state index < -0.39 is 5.92 Å². The van der Waals surface area contributed by atoms with Crippen molar-refractivity contribution in [1.82, 2.24) is 10.6 Å². The van der Waals surface area contributed by atoms with Gasteiger partial charge in [-0.25, -0.2) is 8.78 Å². The second kappa shape index (κ2) is 5.95. The van der Waals surface area contributed by atoms with Gasteiger partial charge in [0.05, 0.1) is 0 Å². The Hall–Kier alpha value is -0.710. The van der Waals surface area contributed by atoms with Crippen molar-refractivity contribution < 1.29 is 13.6 Å². The maximum absolute atomic E-state index is 13.0. The Kier molecular flexibility index (Phi) is 4.54. The van der Waals surface area contributed by atoms with Crippen LogP contribution < -0.4 is 10.6 Å². The highest BCUT2D eigenvalue weighted by Crippen LogP contribution is 2.36. The van der Waals surface area contributed by atoms with E-state index >= 15 is 0 Å². The van der Waals surface area contributed by atoms with Gasteiger partial charge in [0.1, 0.15) is 0 Å². The average molecular weight is 260 g/mol. The molecule has 5 heteroatoms. The van der Waals surface area contributed by atoms with Gasteiger partial charge in [0, 0.05) is 31.3 Å². The molecule has 1 atom stereocenters. The van der Waals surface area contributed by atoms with Crippen molar-refractivity contribution in [2.75, 3.05) is 13.1 Å². The molecule has 0 bridgehead atoms. The molecule has 1 amide bonds.